The van der Waals surface area contributed by atoms with Gasteiger partial charge in [0.1, 0.15) is 0 Å². The van der Waals surface area contributed by atoms with Crippen LogP contribution in [-0.4, -0.2) is 14.7 Å². The number of nitrogens with two attached hydrogens (primary N) is 1. The molecule has 0 aliphatic carbocycles. The third-order valence-electron chi connectivity index (χ3n) is 2.81. The van der Waals surface area contributed by atoms with Crippen molar-refractivity contribution in [3.8, 4) is 0 Å². The van der Waals surface area contributed by atoms with Gasteiger partial charge in [-0.25, -0.2) is 0 Å². The fourth-order valence-corrected chi connectivity index (χ4v) is 2.03. The molecule has 0 saturated heterocycles. The smallest absolute Gasteiger partial charge is 0.213 e. The van der Waals surface area contributed by atoms with Gasteiger partial charge in [-0.15, -0.1) is 0 Å². The van der Waals surface area contributed by atoms with Gasteiger partial charge in [-0.2, -0.15) is 4.98 Å². The summed E-state index contributed by atoms with van der Waals surface area (Å²) in [5.41, 5.74) is 8.01. The summed E-state index contributed by atoms with van der Waals surface area (Å²) in [6, 6.07) is 8.16. The zero-order chi connectivity index (χ0) is 11.7. The van der Waals surface area contributed by atoms with Gasteiger partial charge in [0.25, 0.3) is 0 Å². The third-order valence-corrected chi connectivity index (χ3v) is 2.81. The van der Waals surface area contributed by atoms with Gasteiger partial charge >= 0.3 is 0 Å². The molecule has 0 amide bonds. The van der Waals surface area contributed by atoms with Crippen LogP contribution in [0.3, 0.4) is 0 Å². The van der Waals surface area contributed by atoms with Crippen LogP contribution in [0.2, 0.25) is 0 Å². The summed E-state index contributed by atoms with van der Waals surface area (Å²) in [6.07, 6.45) is 3.38. The molecule has 2 N–H and O–H groups in total. The molecule has 0 unspecified atom stereocenters. The zero-order valence-electron chi connectivity index (χ0n) is 9.21. The summed E-state index contributed by atoms with van der Waals surface area (Å²) in [4.78, 5) is 4.02. The Bertz CT molecular complexity index is 627. The molecular formula is C12H12N4O. The van der Waals surface area contributed by atoms with Crippen LogP contribution >= 0.6 is 0 Å². The molecule has 3 rings (SSSR count). The molecule has 5 nitrogen and oxygen atoms in total. The number of aromatic nitrogens is 3. The van der Waals surface area contributed by atoms with Crippen LogP contribution in [0.25, 0.3) is 10.9 Å². The maximum atomic E-state index is 5.74. The van der Waals surface area contributed by atoms with Crippen molar-refractivity contribution < 1.29 is 4.52 Å². The van der Waals surface area contributed by atoms with Gasteiger partial charge < -0.3 is 14.8 Å². The first kappa shape index (κ1) is 10.0. The van der Waals surface area contributed by atoms with E-state index in [0.29, 0.717) is 18.9 Å². The van der Waals surface area contributed by atoms with Crippen LogP contribution in [0.15, 0.2) is 41.4 Å². The van der Waals surface area contributed by atoms with Crippen molar-refractivity contribution in [3.63, 3.8) is 0 Å². The fraction of sp³-hybridized carbons (Fsp3) is 0.167. The number of rotatable bonds is 3. The van der Waals surface area contributed by atoms with Gasteiger partial charge in [0, 0.05) is 23.6 Å². The number of nitrogens with zero attached hydrogens (tertiary/aromatic N) is 3. The number of hydrogen-bond acceptors (Lipinski definition) is 4. The molecule has 0 aliphatic heterocycles. The van der Waals surface area contributed by atoms with Gasteiger partial charge in [-0.3, -0.25) is 0 Å². The summed E-state index contributed by atoms with van der Waals surface area (Å²) in [6.45, 7) is 1.12. The molecule has 0 atom stereocenters. The maximum Gasteiger partial charge on any atom is 0.213 e. The molecule has 1 aromatic carbocycles. The maximum absolute atomic E-state index is 5.74. The van der Waals surface area contributed by atoms with Crippen molar-refractivity contribution in [2.75, 3.05) is 0 Å². The molecule has 86 valence electrons. The lowest BCUT2D eigenvalue weighted by atomic mass is 10.2. The van der Waals surface area contributed by atoms with E-state index >= 15 is 0 Å². The molecule has 0 saturated carbocycles. The largest absolute Gasteiger partial charge is 0.343 e. The van der Waals surface area contributed by atoms with Crippen molar-refractivity contribution in [1.29, 1.82) is 0 Å². The normalized spacial score (nSPS) is 11.1. The Kier molecular flexibility index (Phi) is 2.38. The van der Waals surface area contributed by atoms with Crippen molar-refractivity contribution in [3.05, 3.63) is 48.2 Å². The van der Waals surface area contributed by atoms with E-state index in [9.17, 15) is 0 Å². The summed E-state index contributed by atoms with van der Waals surface area (Å²) in [5, 5.41) is 4.99. The Morgan fingerprint density at radius 2 is 2.18 bits per heavy atom. The van der Waals surface area contributed by atoms with Crippen molar-refractivity contribution >= 4 is 10.9 Å². The van der Waals surface area contributed by atoms with Crippen LogP contribution in [0, 0.1) is 0 Å². The zero-order valence-corrected chi connectivity index (χ0v) is 9.21. The average molecular weight is 228 g/mol. The monoisotopic (exact) mass is 228 g/mol. The van der Waals surface area contributed by atoms with Gasteiger partial charge in [-0.1, -0.05) is 23.4 Å². The second kappa shape index (κ2) is 4.03. The molecule has 2 aromatic heterocycles. The predicted molar refractivity (Wildman–Crippen MR) is 63.2 cm³/mol. The molecule has 0 fully saturated rings. The van der Waals surface area contributed by atoms with E-state index in [0.717, 1.165) is 11.1 Å². The van der Waals surface area contributed by atoms with E-state index in [1.807, 2.05) is 18.3 Å². The SMILES string of the molecule is NCc1cn(Cc2ncon2)c2ccccc12. The van der Waals surface area contributed by atoms with Crippen LogP contribution < -0.4 is 5.73 Å². The molecule has 0 spiro atoms. The highest BCUT2D eigenvalue weighted by atomic mass is 16.5. The Hall–Kier alpha value is -2.14. The van der Waals surface area contributed by atoms with Crippen molar-refractivity contribution in [2.45, 2.75) is 13.1 Å². The first-order chi connectivity index (χ1) is 8.38. The van der Waals surface area contributed by atoms with Gasteiger partial charge in [-0.05, 0) is 11.6 Å². The van der Waals surface area contributed by atoms with Gasteiger partial charge in [0.15, 0.2) is 5.82 Å². The van der Waals surface area contributed by atoms with E-state index in [2.05, 4.69) is 26.8 Å². The summed E-state index contributed by atoms with van der Waals surface area (Å²) >= 11 is 0. The number of para-hydroxylation sites is 1. The minimum absolute atomic E-state index is 0.528. The second-order valence-corrected chi connectivity index (χ2v) is 3.85. The highest BCUT2D eigenvalue weighted by Crippen LogP contribution is 2.21. The quantitative estimate of drug-likeness (QED) is 0.738. The highest BCUT2D eigenvalue weighted by molar-refractivity contribution is 5.83. The molecule has 17 heavy (non-hydrogen) atoms. The number of hydrogen-bond donors (Lipinski definition) is 1. The molecule has 0 aliphatic rings. The van der Waals surface area contributed by atoms with Crippen LogP contribution in [0.1, 0.15) is 11.4 Å². The minimum Gasteiger partial charge on any atom is -0.343 e. The number of fused-ring (bicyclic) bond motifs is 1. The van der Waals surface area contributed by atoms with Crippen LogP contribution in [0.5, 0.6) is 0 Å². The van der Waals surface area contributed by atoms with Gasteiger partial charge in [0.05, 0.1) is 6.54 Å². The van der Waals surface area contributed by atoms with E-state index in [4.69, 9.17) is 10.3 Å². The molecule has 5 heteroatoms. The number of benzene rings is 1. The van der Waals surface area contributed by atoms with Gasteiger partial charge in [0.2, 0.25) is 6.39 Å². The third kappa shape index (κ3) is 1.70. The lowest BCUT2D eigenvalue weighted by Gasteiger charge is -2.00. The van der Waals surface area contributed by atoms with Crippen molar-refractivity contribution in [1.82, 2.24) is 14.7 Å². The van der Waals surface area contributed by atoms with E-state index < -0.39 is 0 Å². The van der Waals surface area contributed by atoms with Crippen molar-refractivity contribution in [2.24, 2.45) is 5.73 Å². The fourth-order valence-electron chi connectivity index (χ4n) is 2.03. The first-order valence-electron chi connectivity index (χ1n) is 5.40. The molecule has 0 radical (unpaired) electrons. The first-order valence-corrected chi connectivity index (χ1v) is 5.40. The highest BCUT2D eigenvalue weighted by Gasteiger charge is 2.08. The molecule has 2 heterocycles. The van der Waals surface area contributed by atoms with E-state index in [1.54, 1.807) is 0 Å². The van der Waals surface area contributed by atoms with E-state index in [-0.39, 0.29) is 0 Å². The lowest BCUT2D eigenvalue weighted by Crippen LogP contribution is -2.00. The standard InChI is InChI=1S/C12H12N4O/c13-5-9-6-16(7-12-14-8-17-15-12)11-4-2-1-3-10(9)11/h1-4,6,8H,5,7,13H2. The minimum atomic E-state index is 0.528. The molecule has 0 bridgehead atoms. The van der Waals surface area contributed by atoms with E-state index in [1.165, 1.54) is 11.8 Å². The second-order valence-electron chi connectivity index (χ2n) is 3.85. The summed E-state index contributed by atoms with van der Waals surface area (Å²) in [5.74, 6) is 0.661. The Morgan fingerprint density at radius 3 is 2.94 bits per heavy atom. The van der Waals surface area contributed by atoms with Crippen LogP contribution in [0.4, 0.5) is 0 Å². The predicted octanol–water partition coefficient (Wildman–Crippen LogP) is 1.53. The summed E-state index contributed by atoms with van der Waals surface area (Å²) in [7, 11) is 0. The topological polar surface area (TPSA) is 69.9 Å². The molecule has 3 aromatic rings. The Labute approximate surface area is 97.8 Å². The average Bonchev–Trinajstić information content (AvgIpc) is 2.98. The lowest BCUT2D eigenvalue weighted by molar-refractivity contribution is 0.408. The Morgan fingerprint density at radius 1 is 1.29 bits per heavy atom. The van der Waals surface area contributed by atoms with Crippen LogP contribution in [-0.2, 0) is 13.1 Å². The molecular weight excluding hydrogens is 216 g/mol. The summed E-state index contributed by atoms with van der Waals surface area (Å²) < 4.78 is 6.82. The Balaban J connectivity index is 2.10.